The first-order valence-corrected chi connectivity index (χ1v) is 11.3. The molecule has 0 radical (unpaired) electrons. The Morgan fingerprint density at radius 2 is 1.79 bits per heavy atom. The van der Waals surface area contributed by atoms with Gasteiger partial charge in [-0.15, -0.1) is 5.10 Å². The molecule has 28 heavy (non-hydrogen) atoms. The summed E-state index contributed by atoms with van der Waals surface area (Å²) in [5.74, 6) is 1.04. The molecule has 3 heterocycles. The van der Waals surface area contributed by atoms with Crippen LogP contribution in [0.3, 0.4) is 0 Å². The van der Waals surface area contributed by atoms with E-state index >= 15 is 0 Å². The first kappa shape index (κ1) is 19.4. The number of aryl methyl sites for hydroxylation is 2. The van der Waals surface area contributed by atoms with E-state index in [0.29, 0.717) is 0 Å². The van der Waals surface area contributed by atoms with Gasteiger partial charge in [0.05, 0.1) is 6.54 Å². The summed E-state index contributed by atoms with van der Waals surface area (Å²) in [6.45, 7) is 12.2. The highest BCUT2D eigenvalue weighted by atomic mass is 32.1. The van der Waals surface area contributed by atoms with Crippen molar-refractivity contribution in [2.45, 2.75) is 39.7 Å². The van der Waals surface area contributed by atoms with E-state index in [-0.39, 0.29) is 11.9 Å². The fourth-order valence-electron chi connectivity index (χ4n) is 4.21. The van der Waals surface area contributed by atoms with Crippen molar-refractivity contribution in [2.75, 3.05) is 32.7 Å². The SMILES string of the molecule is CCc1ccc([C@@H](c2sc3nc(CC)nn3c2O)[NH+]2CC[NH+](CC)CC2)cc1. The topological polar surface area (TPSA) is 59.3 Å². The Morgan fingerprint density at radius 1 is 1.07 bits per heavy atom. The second kappa shape index (κ2) is 8.19. The van der Waals surface area contributed by atoms with Crippen LogP contribution in [0.2, 0.25) is 0 Å². The van der Waals surface area contributed by atoms with Crippen molar-refractivity contribution in [3.8, 4) is 5.88 Å². The van der Waals surface area contributed by atoms with E-state index < -0.39 is 0 Å². The molecule has 3 N–H and O–H groups in total. The molecule has 2 aromatic heterocycles. The number of quaternary nitrogens is 2. The smallest absolute Gasteiger partial charge is 0.235 e. The number of aromatic nitrogens is 3. The molecule has 1 atom stereocenters. The molecule has 150 valence electrons. The minimum absolute atomic E-state index is 0.128. The van der Waals surface area contributed by atoms with Crippen molar-refractivity contribution in [3.63, 3.8) is 0 Å². The van der Waals surface area contributed by atoms with Crippen LogP contribution in [0.4, 0.5) is 0 Å². The molecule has 0 spiro atoms. The third kappa shape index (κ3) is 3.54. The van der Waals surface area contributed by atoms with E-state index in [1.165, 1.54) is 35.7 Å². The molecule has 1 saturated heterocycles. The van der Waals surface area contributed by atoms with Crippen molar-refractivity contribution in [1.82, 2.24) is 14.6 Å². The number of rotatable bonds is 6. The molecular formula is C21H31N5OS+2. The molecule has 1 aliphatic rings. The number of nitrogens with zero attached hydrogens (tertiary/aromatic N) is 3. The molecule has 0 bridgehead atoms. The molecular weight excluding hydrogens is 370 g/mol. The van der Waals surface area contributed by atoms with Crippen LogP contribution in [-0.2, 0) is 12.8 Å². The number of benzene rings is 1. The lowest BCUT2D eigenvalue weighted by molar-refractivity contribution is -1.02. The molecule has 7 heteroatoms. The third-order valence-corrected chi connectivity index (χ3v) is 7.14. The van der Waals surface area contributed by atoms with Gasteiger partial charge in [-0.05, 0) is 18.9 Å². The Labute approximate surface area is 170 Å². The van der Waals surface area contributed by atoms with Crippen molar-refractivity contribution < 1.29 is 14.9 Å². The summed E-state index contributed by atoms with van der Waals surface area (Å²) in [5, 5.41) is 15.5. The average Bonchev–Trinajstić information content (AvgIpc) is 3.28. The highest BCUT2D eigenvalue weighted by Crippen LogP contribution is 2.35. The Bertz CT molecular complexity index is 924. The number of hydrogen-bond acceptors (Lipinski definition) is 4. The molecule has 1 fully saturated rings. The van der Waals surface area contributed by atoms with Crippen LogP contribution in [0.15, 0.2) is 24.3 Å². The van der Waals surface area contributed by atoms with Gasteiger partial charge in [0.15, 0.2) is 11.9 Å². The highest BCUT2D eigenvalue weighted by Gasteiger charge is 2.35. The number of aromatic hydroxyl groups is 1. The molecule has 0 unspecified atom stereocenters. The van der Waals surface area contributed by atoms with E-state index in [1.807, 2.05) is 6.92 Å². The number of likely N-dealkylation sites (N-methyl/N-ethyl adjacent to an activating group) is 1. The van der Waals surface area contributed by atoms with Crippen LogP contribution in [0, 0.1) is 0 Å². The molecule has 3 aromatic rings. The molecule has 0 saturated carbocycles. The number of piperazine rings is 1. The van der Waals surface area contributed by atoms with Crippen molar-refractivity contribution >= 4 is 16.3 Å². The van der Waals surface area contributed by atoms with Crippen LogP contribution in [-0.4, -0.2) is 52.4 Å². The van der Waals surface area contributed by atoms with Crippen molar-refractivity contribution in [3.05, 3.63) is 46.1 Å². The normalized spacial score (nSPS) is 21.2. The summed E-state index contributed by atoms with van der Waals surface area (Å²) in [5.41, 5.74) is 2.61. The van der Waals surface area contributed by atoms with E-state index in [2.05, 4.69) is 48.2 Å². The Kier molecular flexibility index (Phi) is 5.66. The van der Waals surface area contributed by atoms with Crippen LogP contribution < -0.4 is 9.80 Å². The number of fused-ring (bicyclic) bond motifs is 1. The quantitative estimate of drug-likeness (QED) is 0.564. The molecule has 6 nitrogen and oxygen atoms in total. The van der Waals surface area contributed by atoms with E-state index in [0.717, 1.165) is 41.6 Å². The first-order valence-electron chi connectivity index (χ1n) is 10.5. The monoisotopic (exact) mass is 401 g/mol. The standard InChI is InChI=1S/C21H29N5OS/c1-4-15-7-9-16(10-8-15)18(25-13-11-24(6-3)12-14-25)19-20(27)26-21(28-19)22-17(5-2)23-26/h7-10,18,27H,4-6,11-14H2,1-3H3/p+2/t18-/m0/s1. The molecule has 0 aliphatic carbocycles. The van der Waals surface area contributed by atoms with Crippen molar-refractivity contribution in [2.24, 2.45) is 0 Å². The zero-order valence-corrected chi connectivity index (χ0v) is 17.9. The zero-order valence-electron chi connectivity index (χ0n) is 17.0. The Morgan fingerprint density at radius 3 is 2.36 bits per heavy atom. The Balaban J connectivity index is 1.74. The maximum atomic E-state index is 11.0. The van der Waals surface area contributed by atoms with E-state index in [9.17, 15) is 5.11 Å². The van der Waals surface area contributed by atoms with Gasteiger partial charge in [0.25, 0.3) is 0 Å². The minimum Gasteiger partial charge on any atom is -0.492 e. The summed E-state index contributed by atoms with van der Waals surface area (Å²) in [7, 11) is 0. The van der Waals surface area contributed by atoms with Gasteiger partial charge in [0, 0.05) is 12.0 Å². The van der Waals surface area contributed by atoms with Gasteiger partial charge in [-0.1, -0.05) is 49.4 Å². The van der Waals surface area contributed by atoms with Crippen molar-refractivity contribution in [1.29, 1.82) is 0 Å². The number of nitrogens with one attached hydrogen (secondary N) is 2. The number of hydrogen-bond donors (Lipinski definition) is 3. The van der Waals surface area contributed by atoms with Gasteiger partial charge >= 0.3 is 0 Å². The summed E-state index contributed by atoms with van der Waals surface area (Å²) < 4.78 is 1.62. The lowest BCUT2D eigenvalue weighted by Crippen LogP contribution is -3.28. The van der Waals surface area contributed by atoms with Gasteiger partial charge in [-0.2, -0.15) is 4.52 Å². The molecule has 0 amide bonds. The van der Waals surface area contributed by atoms with Gasteiger partial charge < -0.3 is 14.9 Å². The predicted octanol–water partition coefficient (Wildman–Crippen LogP) is 0.514. The first-order chi connectivity index (χ1) is 13.6. The van der Waals surface area contributed by atoms with Gasteiger partial charge in [-0.3, -0.25) is 0 Å². The third-order valence-electron chi connectivity index (χ3n) is 6.05. The maximum absolute atomic E-state index is 11.0. The lowest BCUT2D eigenvalue weighted by atomic mass is 10.0. The van der Waals surface area contributed by atoms with Crippen LogP contribution in [0.25, 0.3) is 4.96 Å². The summed E-state index contributed by atoms with van der Waals surface area (Å²) in [6, 6.07) is 9.05. The average molecular weight is 402 g/mol. The van der Waals surface area contributed by atoms with Gasteiger partial charge in [-0.25, -0.2) is 4.98 Å². The van der Waals surface area contributed by atoms with Gasteiger partial charge in [0.2, 0.25) is 10.8 Å². The van der Waals surface area contributed by atoms with Crippen LogP contribution in [0.5, 0.6) is 5.88 Å². The Hall–Kier alpha value is -1.96. The van der Waals surface area contributed by atoms with E-state index in [4.69, 9.17) is 0 Å². The summed E-state index contributed by atoms with van der Waals surface area (Å²) in [6.07, 6.45) is 1.82. The van der Waals surface area contributed by atoms with E-state index in [1.54, 1.807) is 20.8 Å². The fourth-order valence-corrected chi connectivity index (χ4v) is 5.37. The zero-order chi connectivity index (χ0) is 19.7. The summed E-state index contributed by atoms with van der Waals surface area (Å²) in [4.78, 5) is 9.55. The van der Waals surface area contributed by atoms with Gasteiger partial charge in [0.1, 0.15) is 31.1 Å². The predicted molar refractivity (Wildman–Crippen MR) is 112 cm³/mol. The summed E-state index contributed by atoms with van der Waals surface area (Å²) >= 11 is 1.58. The number of thiazole rings is 1. The fraction of sp³-hybridized carbons (Fsp3) is 0.524. The molecule has 1 aromatic carbocycles. The lowest BCUT2D eigenvalue weighted by Gasteiger charge is -2.34. The largest absolute Gasteiger partial charge is 0.492 e. The minimum atomic E-state index is 0.128. The second-order valence-electron chi connectivity index (χ2n) is 7.66. The molecule has 1 aliphatic heterocycles. The highest BCUT2D eigenvalue weighted by molar-refractivity contribution is 7.17. The maximum Gasteiger partial charge on any atom is 0.235 e. The van der Waals surface area contributed by atoms with Crippen LogP contribution >= 0.6 is 11.3 Å². The molecule has 4 rings (SSSR count). The second-order valence-corrected chi connectivity index (χ2v) is 8.66. The van der Waals surface area contributed by atoms with Crippen LogP contribution in [0.1, 0.15) is 48.6 Å².